The fourth-order valence-electron chi connectivity index (χ4n) is 1.15. The first-order valence-electron chi connectivity index (χ1n) is 4.87. The summed E-state index contributed by atoms with van der Waals surface area (Å²) in [4.78, 5) is 10.7. The highest BCUT2D eigenvalue weighted by Crippen LogP contribution is 2.22. The zero-order valence-electron chi connectivity index (χ0n) is 9.65. The molecule has 0 aliphatic rings. The Labute approximate surface area is 112 Å². The number of rotatable bonds is 5. The Morgan fingerprint density at radius 2 is 1.95 bits per heavy atom. The van der Waals surface area contributed by atoms with Crippen molar-refractivity contribution in [3.8, 4) is 0 Å². The van der Waals surface area contributed by atoms with Crippen LogP contribution in [0.1, 0.15) is 10.4 Å². The molecule has 0 saturated heterocycles. The number of ether oxygens (including phenoxy) is 2. The lowest BCUT2D eigenvalue weighted by atomic mass is 10.2. The molecule has 0 heterocycles. The van der Waals surface area contributed by atoms with Crippen molar-refractivity contribution < 1.29 is 31.5 Å². The van der Waals surface area contributed by atoms with Gasteiger partial charge in [0.05, 0.1) is 17.1 Å². The second-order valence-electron chi connectivity index (χ2n) is 3.33. The largest absolute Gasteiger partial charge is 0.460 e. The maximum absolute atomic E-state index is 13.4. The maximum Gasteiger partial charge on any atom is 0.341 e. The van der Waals surface area contributed by atoms with E-state index in [1.165, 1.54) is 7.11 Å². The third kappa shape index (κ3) is 4.12. The number of methoxy groups -OCH3 is 1. The van der Waals surface area contributed by atoms with Crippen molar-refractivity contribution in [3.05, 3.63) is 29.3 Å². The average Bonchev–Trinajstić information content (AvgIpc) is 2.31. The van der Waals surface area contributed by atoms with Gasteiger partial charge in [0.25, 0.3) is 9.05 Å². The van der Waals surface area contributed by atoms with Crippen LogP contribution in [0.2, 0.25) is 0 Å². The number of hydrogen-bond acceptors (Lipinski definition) is 5. The van der Waals surface area contributed by atoms with Gasteiger partial charge in [-0.05, 0) is 12.1 Å². The van der Waals surface area contributed by atoms with Crippen LogP contribution in [0.15, 0.2) is 17.0 Å². The molecule has 1 rings (SSSR count). The maximum atomic E-state index is 13.4. The van der Waals surface area contributed by atoms with Crippen molar-refractivity contribution in [1.82, 2.24) is 0 Å². The van der Waals surface area contributed by atoms with Gasteiger partial charge < -0.3 is 9.47 Å². The highest BCUT2D eigenvalue weighted by molar-refractivity contribution is 8.13. The van der Waals surface area contributed by atoms with E-state index in [2.05, 4.69) is 9.47 Å². The van der Waals surface area contributed by atoms with Crippen molar-refractivity contribution in [1.29, 1.82) is 0 Å². The van der Waals surface area contributed by atoms with Gasteiger partial charge >= 0.3 is 5.97 Å². The van der Waals surface area contributed by atoms with Gasteiger partial charge in [-0.15, -0.1) is 0 Å². The van der Waals surface area contributed by atoms with Crippen molar-refractivity contribution in [2.45, 2.75) is 4.90 Å². The Morgan fingerprint density at radius 3 is 2.47 bits per heavy atom. The lowest BCUT2D eigenvalue weighted by Gasteiger charge is -2.07. The number of carbonyl (C=O) groups is 1. The second-order valence-corrected chi connectivity index (χ2v) is 5.90. The van der Waals surface area contributed by atoms with Gasteiger partial charge in [-0.3, -0.25) is 0 Å². The van der Waals surface area contributed by atoms with Crippen molar-refractivity contribution in [2.24, 2.45) is 0 Å². The minimum absolute atomic E-state index is 0.0589. The average molecular weight is 315 g/mol. The Morgan fingerprint density at radius 1 is 1.32 bits per heavy atom. The van der Waals surface area contributed by atoms with E-state index < -0.39 is 37.1 Å². The summed E-state index contributed by atoms with van der Waals surface area (Å²) in [5.74, 6) is -4.23. The SMILES string of the molecule is COCCOC(=O)c1cc(S(=O)(=O)Cl)cc(F)c1F. The summed E-state index contributed by atoms with van der Waals surface area (Å²) in [6.45, 7) is -0.127. The topological polar surface area (TPSA) is 69.7 Å². The van der Waals surface area contributed by atoms with Crippen LogP contribution in [0.3, 0.4) is 0 Å². The first kappa shape index (κ1) is 15.8. The highest BCUT2D eigenvalue weighted by atomic mass is 35.7. The van der Waals surface area contributed by atoms with Crippen LogP contribution in [0.25, 0.3) is 0 Å². The van der Waals surface area contributed by atoms with E-state index in [0.29, 0.717) is 12.1 Å². The van der Waals surface area contributed by atoms with Gasteiger partial charge in [0.1, 0.15) is 6.61 Å². The van der Waals surface area contributed by atoms with Gasteiger partial charge in [-0.2, -0.15) is 0 Å². The minimum Gasteiger partial charge on any atom is -0.460 e. The molecule has 0 radical (unpaired) electrons. The lowest BCUT2D eigenvalue weighted by Crippen LogP contribution is -2.13. The molecule has 5 nitrogen and oxygen atoms in total. The summed E-state index contributed by atoms with van der Waals surface area (Å²) in [7, 11) is 2.06. The van der Waals surface area contributed by atoms with Crippen LogP contribution in [0.5, 0.6) is 0 Å². The minimum atomic E-state index is -4.29. The van der Waals surface area contributed by atoms with Crippen molar-refractivity contribution >= 4 is 25.7 Å². The first-order chi connectivity index (χ1) is 8.77. The summed E-state index contributed by atoms with van der Waals surface area (Å²) in [6, 6.07) is 0.986. The zero-order chi connectivity index (χ0) is 14.6. The zero-order valence-corrected chi connectivity index (χ0v) is 11.2. The molecule has 106 valence electrons. The molecule has 0 spiro atoms. The van der Waals surface area contributed by atoms with Gasteiger partial charge in [0.15, 0.2) is 11.6 Å². The molecule has 0 aliphatic carbocycles. The Kier molecular flexibility index (Phi) is 5.21. The number of carbonyl (C=O) groups excluding carboxylic acids is 1. The van der Waals surface area contributed by atoms with E-state index >= 15 is 0 Å². The third-order valence-electron chi connectivity index (χ3n) is 2.02. The standard InChI is InChI=1S/C10H9ClF2O5S/c1-17-2-3-18-10(14)7-4-6(19(11,15)16)5-8(12)9(7)13/h4-5H,2-3H2,1H3. The highest BCUT2D eigenvalue weighted by Gasteiger charge is 2.22. The van der Waals surface area contributed by atoms with Crippen molar-refractivity contribution in [2.75, 3.05) is 20.3 Å². The smallest absolute Gasteiger partial charge is 0.341 e. The second kappa shape index (κ2) is 6.27. The molecular formula is C10H9ClF2O5S. The molecule has 1 aromatic carbocycles. The fourth-order valence-corrected chi connectivity index (χ4v) is 1.92. The van der Waals surface area contributed by atoms with Gasteiger partial charge in [-0.1, -0.05) is 0 Å². The van der Waals surface area contributed by atoms with Crippen LogP contribution in [0, 0.1) is 11.6 Å². The Bertz CT molecular complexity index is 588. The number of benzene rings is 1. The molecule has 0 aliphatic heterocycles. The molecular weight excluding hydrogens is 306 g/mol. The molecule has 0 aromatic heterocycles. The van der Waals surface area contributed by atoms with E-state index in [9.17, 15) is 22.0 Å². The van der Waals surface area contributed by atoms with E-state index in [0.717, 1.165) is 0 Å². The summed E-state index contributed by atoms with van der Waals surface area (Å²) in [5, 5.41) is 0. The molecule has 0 amide bonds. The summed E-state index contributed by atoms with van der Waals surface area (Å²) >= 11 is 0. The molecule has 0 atom stereocenters. The summed E-state index contributed by atoms with van der Waals surface area (Å²) in [6.07, 6.45) is 0. The molecule has 19 heavy (non-hydrogen) atoms. The first-order valence-corrected chi connectivity index (χ1v) is 7.18. The van der Waals surface area contributed by atoms with Gasteiger partial charge in [0.2, 0.25) is 0 Å². The predicted octanol–water partition coefficient (Wildman–Crippen LogP) is 1.70. The summed E-state index contributed by atoms with van der Waals surface area (Å²) in [5.41, 5.74) is -0.852. The lowest BCUT2D eigenvalue weighted by molar-refractivity contribution is 0.0381. The molecule has 0 saturated carbocycles. The van der Waals surface area contributed by atoms with Crippen LogP contribution < -0.4 is 0 Å². The predicted molar refractivity (Wildman–Crippen MR) is 61.6 cm³/mol. The van der Waals surface area contributed by atoms with E-state index in [-0.39, 0.29) is 13.2 Å². The van der Waals surface area contributed by atoms with Crippen LogP contribution >= 0.6 is 10.7 Å². The van der Waals surface area contributed by atoms with Gasteiger partial charge in [-0.25, -0.2) is 22.0 Å². The van der Waals surface area contributed by atoms with Crippen LogP contribution in [0.4, 0.5) is 8.78 Å². The van der Waals surface area contributed by atoms with Crippen LogP contribution in [-0.2, 0) is 18.5 Å². The number of halogens is 3. The Balaban J connectivity index is 3.13. The monoisotopic (exact) mass is 314 g/mol. The molecule has 0 N–H and O–H groups in total. The molecule has 0 unspecified atom stereocenters. The van der Waals surface area contributed by atoms with Gasteiger partial charge in [0, 0.05) is 17.8 Å². The molecule has 9 heteroatoms. The number of hydrogen-bond donors (Lipinski definition) is 0. The third-order valence-corrected chi connectivity index (χ3v) is 3.36. The van der Waals surface area contributed by atoms with Crippen LogP contribution in [-0.4, -0.2) is 34.7 Å². The van der Waals surface area contributed by atoms with E-state index in [4.69, 9.17) is 10.7 Å². The number of esters is 1. The normalized spacial score (nSPS) is 11.4. The Hall–Kier alpha value is -1.25. The molecule has 1 aromatic rings. The van der Waals surface area contributed by atoms with E-state index in [1.54, 1.807) is 0 Å². The van der Waals surface area contributed by atoms with Crippen molar-refractivity contribution in [3.63, 3.8) is 0 Å². The summed E-state index contributed by atoms with van der Waals surface area (Å²) < 4.78 is 57.8. The molecule has 0 fully saturated rings. The van der Waals surface area contributed by atoms with E-state index in [1.807, 2.05) is 0 Å². The fraction of sp³-hybridized carbons (Fsp3) is 0.300. The molecule has 0 bridgehead atoms. The quantitative estimate of drug-likeness (QED) is 0.470.